The zero-order valence-corrected chi connectivity index (χ0v) is 20.3. The number of hydrogen-bond donors (Lipinski definition) is 1. The lowest BCUT2D eigenvalue weighted by atomic mass is 9.93. The quantitative estimate of drug-likeness (QED) is 0.409. The van der Waals surface area contributed by atoms with E-state index in [2.05, 4.69) is 10.1 Å². The van der Waals surface area contributed by atoms with Gasteiger partial charge in [0.1, 0.15) is 29.0 Å². The smallest absolute Gasteiger partial charge is 0.387 e. The molecule has 2 heterocycles. The fourth-order valence-corrected chi connectivity index (χ4v) is 4.36. The first kappa shape index (κ1) is 27.6. The molecule has 0 saturated carbocycles. The molecule has 206 valence electrons. The van der Waals surface area contributed by atoms with Crippen LogP contribution in [0.1, 0.15) is 21.8 Å². The molecule has 1 aromatic heterocycles. The van der Waals surface area contributed by atoms with Crippen LogP contribution in [0.5, 0.6) is 11.5 Å². The lowest BCUT2D eigenvalue weighted by Crippen LogP contribution is -2.44. The van der Waals surface area contributed by atoms with Crippen molar-refractivity contribution >= 4 is 17.5 Å². The fourth-order valence-electron chi connectivity index (χ4n) is 4.36. The maximum absolute atomic E-state index is 15.1. The summed E-state index contributed by atoms with van der Waals surface area (Å²) in [4.78, 5) is 40.4. The molecule has 1 fully saturated rings. The number of anilines is 1. The second-order valence-corrected chi connectivity index (χ2v) is 8.54. The molecule has 1 aliphatic heterocycles. The minimum atomic E-state index is -3.06. The zero-order chi connectivity index (χ0) is 28.3. The van der Waals surface area contributed by atoms with Gasteiger partial charge in [-0.1, -0.05) is 6.07 Å². The van der Waals surface area contributed by atoms with E-state index in [0.717, 1.165) is 33.9 Å². The van der Waals surface area contributed by atoms with Crippen LogP contribution in [0.4, 0.5) is 27.6 Å². The third kappa shape index (κ3) is 6.02. The van der Waals surface area contributed by atoms with Crippen LogP contribution in [0.15, 0.2) is 65.6 Å². The number of hydrogen-bond acceptors (Lipinski definition) is 5. The van der Waals surface area contributed by atoms with Crippen molar-refractivity contribution in [3.8, 4) is 11.5 Å². The maximum atomic E-state index is 15.1. The van der Waals surface area contributed by atoms with Gasteiger partial charge in [0.2, 0.25) is 5.91 Å². The summed E-state index contributed by atoms with van der Waals surface area (Å²) in [7, 11) is 1.34. The van der Waals surface area contributed by atoms with Crippen molar-refractivity contribution in [3.05, 3.63) is 88.1 Å². The Labute approximate surface area is 218 Å². The zero-order valence-electron chi connectivity index (χ0n) is 20.3. The number of methoxy groups -OCH3 is 1. The molecule has 0 unspecified atom stereocenters. The van der Waals surface area contributed by atoms with E-state index < -0.39 is 54.7 Å². The summed E-state index contributed by atoms with van der Waals surface area (Å²) >= 11 is 0. The Morgan fingerprint density at radius 3 is 2.36 bits per heavy atom. The van der Waals surface area contributed by atoms with Crippen molar-refractivity contribution in [2.75, 3.05) is 18.6 Å². The van der Waals surface area contributed by atoms with Gasteiger partial charge in [-0.25, -0.2) is 13.2 Å². The van der Waals surface area contributed by atoms with Gasteiger partial charge in [0, 0.05) is 30.3 Å². The number of pyridine rings is 1. The van der Waals surface area contributed by atoms with Gasteiger partial charge in [0.05, 0.1) is 13.7 Å². The normalized spacial score (nSPS) is 17.1. The van der Waals surface area contributed by atoms with Crippen LogP contribution in [0.25, 0.3) is 0 Å². The molecule has 0 spiro atoms. The van der Waals surface area contributed by atoms with Crippen molar-refractivity contribution in [3.63, 3.8) is 0 Å². The molecule has 2 atom stereocenters. The number of carbonyl (C=O) groups is 2. The standard InChI is InChI=1S/C26H22F5N3O5/c1-38-16-8-9-17(19(27)11-16)18-12-34(20-3-2-10-33(24(20)36)13-21(28)29)25(37)22(18)32-23(35)14-4-6-15(7-5-14)39-26(30)31/h2-11,18,21-22,26H,12-13H2,1H3,(H,32,35)/t18-,22-/m0/s1. The number of ether oxygens (including phenoxy) is 2. The number of benzene rings is 2. The van der Waals surface area contributed by atoms with Crippen LogP contribution in [-0.2, 0) is 11.3 Å². The van der Waals surface area contributed by atoms with E-state index in [1.54, 1.807) is 0 Å². The summed E-state index contributed by atoms with van der Waals surface area (Å²) in [5, 5.41) is 2.53. The number of amides is 2. The molecule has 1 saturated heterocycles. The van der Waals surface area contributed by atoms with Gasteiger partial charge in [0.25, 0.3) is 17.9 Å². The lowest BCUT2D eigenvalue weighted by Gasteiger charge is -2.19. The predicted molar refractivity (Wildman–Crippen MR) is 129 cm³/mol. The number of alkyl halides is 4. The maximum Gasteiger partial charge on any atom is 0.387 e. The van der Waals surface area contributed by atoms with Gasteiger partial charge in [-0.15, -0.1) is 0 Å². The van der Waals surface area contributed by atoms with Crippen molar-refractivity contribution in [2.45, 2.75) is 31.5 Å². The molecular weight excluding hydrogens is 529 g/mol. The third-order valence-corrected chi connectivity index (χ3v) is 6.17. The number of halogens is 5. The largest absolute Gasteiger partial charge is 0.497 e. The van der Waals surface area contributed by atoms with Crippen molar-refractivity contribution < 1.29 is 41.0 Å². The highest BCUT2D eigenvalue weighted by molar-refractivity contribution is 6.05. The van der Waals surface area contributed by atoms with Crippen molar-refractivity contribution in [1.82, 2.24) is 9.88 Å². The Balaban J connectivity index is 1.68. The van der Waals surface area contributed by atoms with Gasteiger partial charge < -0.3 is 24.3 Å². The minimum absolute atomic E-state index is 0.00387. The van der Waals surface area contributed by atoms with E-state index in [9.17, 15) is 31.9 Å². The van der Waals surface area contributed by atoms with Gasteiger partial charge in [-0.2, -0.15) is 8.78 Å². The summed E-state index contributed by atoms with van der Waals surface area (Å²) in [6, 6.07) is 9.86. The summed E-state index contributed by atoms with van der Waals surface area (Å²) in [5.74, 6) is -3.25. The van der Waals surface area contributed by atoms with Crippen molar-refractivity contribution in [2.24, 2.45) is 0 Å². The highest BCUT2D eigenvalue weighted by Crippen LogP contribution is 2.34. The van der Waals surface area contributed by atoms with Crippen LogP contribution >= 0.6 is 0 Å². The molecular formula is C26H22F5N3O5. The van der Waals surface area contributed by atoms with Crippen LogP contribution in [0.2, 0.25) is 0 Å². The fraction of sp³-hybridized carbons (Fsp3) is 0.269. The molecule has 2 aromatic carbocycles. The van der Waals surface area contributed by atoms with E-state index in [4.69, 9.17) is 4.74 Å². The summed E-state index contributed by atoms with van der Waals surface area (Å²) in [6.45, 7) is -4.20. The summed E-state index contributed by atoms with van der Waals surface area (Å²) in [5.41, 5.74) is -1.04. The average Bonchev–Trinajstić information content (AvgIpc) is 3.20. The Morgan fingerprint density at radius 2 is 1.74 bits per heavy atom. The predicted octanol–water partition coefficient (Wildman–Crippen LogP) is 3.79. The number of nitrogens with one attached hydrogen (secondary N) is 1. The molecule has 13 heteroatoms. The number of aromatic nitrogens is 1. The molecule has 0 aliphatic carbocycles. The van der Waals surface area contributed by atoms with E-state index in [1.165, 1.54) is 43.5 Å². The van der Waals surface area contributed by atoms with Crippen LogP contribution < -0.4 is 25.2 Å². The molecule has 3 aromatic rings. The minimum Gasteiger partial charge on any atom is -0.497 e. The van der Waals surface area contributed by atoms with Gasteiger partial charge >= 0.3 is 6.61 Å². The van der Waals surface area contributed by atoms with E-state index in [1.807, 2.05) is 0 Å². The van der Waals surface area contributed by atoms with Gasteiger partial charge in [-0.3, -0.25) is 14.4 Å². The van der Waals surface area contributed by atoms with Gasteiger partial charge in [-0.05, 0) is 48.0 Å². The van der Waals surface area contributed by atoms with E-state index >= 15 is 4.39 Å². The third-order valence-electron chi connectivity index (χ3n) is 6.17. The monoisotopic (exact) mass is 551 g/mol. The van der Waals surface area contributed by atoms with Crippen LogP contribution in [0, 0.1) is 5.82 Å². The molecule has 39 heavy (non-hydrogen) atoms. The van der Waals surface area contributed by atoms with Crippen LogP contribution in [0.3, 0.4) is 0 Å². The molecule has 4 rings (SSSR count). The Kier molecular flexibility index (Phi) is 8.17. The average molecular weight is 551 g/mol. The van der Waals surface area contributed by atoms with E-state index in [-0.39, 0.29) is 34.9 Å². The molecule has 8 nitrogen and oxygen atoms in total. The molecule has 1 aliphatic rings. The topological polar surface area (TPSA) is 89.9 Å². The van der Waals surface area contributed by atoms with Gasteiger partial charge in [0.15, 0.2) is 0 Å². The Hall–Kier alpha value is -4.42. The molecule has 0 bridgehead atoms. The van der Waals surface area contributed by atoms with Crippen molar-refractivity contribution in [1.29, 1.82) is 0 Å². The highest BCUT2D eigenvalue weighted by atomic mass is 19.3. The number of carbonyl (C=O) groups excluding carboxylic acids is 2. The molecule has 2 amide bonds. The highest BCUT2D eigenvalue weighted by Gasteiger charge is 2.44. The van der Waals surface area contributed by atoms with E-state index in [0.29, 0.717) is 0 Å². The number of rotatable bonds is 9. The second kappa shape index (κ2) is 11.5. The SMILES string of the molecule is COc1ccc([C@@H]2CN(c3cccn(CC(F)F)c3=O)C(=O)[C@H]2NC(=O)c2ccc(OC(F)F)cc2)c(F)c1. The summed E-state index contributed by atoms with van der Waals surface area (Å²) in [6.07, 6.45) is -1.67. The first-order chi connectivity index (χ1) is 18.6. The van der Waals surface area contributed by atoms with Crippen LogP contribution in [-0.4, -0.2) is 49.1 Å². The molecule has 0 radical (unpaired) electrons. The lowest BCUT2D eigenvalue weighted by molar-refractivity contribution is -0.118. The first-order valence-electron chi connectivity index (χ1n) is 11.6. The Bertz CT molecular complexity index is 1410. The first-order valence-corrected chi connectivity index (χ1v) is 11.6. The molecule has 1 N–H and O–H groups in total. The number of nitrogens with zero attached hydrogens (tertiary/aromatic N) is 2. The summed E-state index contributed by atoms with van der Waals surface area (Å²) < 4.78 is 75.8. The Morgan fingerprint density at radius 1 is 1.05 bits per heavy atom. The second-order valence-electron chi connectivity index (χ2n) is 8.54.